The average Bonchev–Trinajstić information content (AvgIpc) is 2.41. The predicted octanol–water partition coefficient (Wildman–Crippen LogP) is 3.19. The number of nitrogens with zero attached hydrogens (tertiary/aromatic N) is 2. The largest absolute Gasteiger partial charge is 0.372 e. The zero-order chi connectivity index (χ0) is 13.5. The summed E-state index contributed by atoms with van der Waals surface area (Å²) in [5.41, 5.74) is 3.01. The van der Waals surface area contributed by atoms with E-state index in [1.54, 1.807) is 0 Å². The Labute approximate surface area is 110 Å². The summed E-state index contributed by atoms with van der Waals surface area (Å²) in [7, 11) is 0. The molecule has 1 rings (SSSR count). The molecule has 0 bridgehead atoms. The van der Waals surface area contributed by atoms with E-state index >= 15 is 0 Å². The Hall–Kier alpha value is -1.51. The molecular formula is C15H24N2O. The first kappa shape index (κ1) is 14.6. The summed E-state index contributed by atoms with van der Waals surface area (Å²) >= 11 is 0. The fraction of sp³-hybridized carbons (Fsp3) is 0.533. The Morgan fingerprint density at radius 2 is 1.22 bits per heavy atom. The molecule has 3 heteroatoms. The van der Waals surface area contributed by atoms with Gasteiger partial charge >= 0.3 is 0 Å². The molecule has 0 aliphatic heterocycles. The molecule has 0 saturated carbocycles. The van der Waals surface area contributed by atoms with E-state index < -0.39 is 0 Å². The molecule has 0 fully saturated rings. The lowest BCUT2D eigenvalue weighted by Crippen LogP contribution is -2.25. The molecule has 0 aliphatic rings. The van der Waals surface area contributed by atoms with Crippen LogP contribution in [0.5, 0.6) is 0 Å². The van der Waals surface area contributed by atoms with Crippen molar-refractivity contribution in [3.05, 3.63) is 23.8 Å². The molecule has 0 unspecified atom stereocenters. The van der Waals surface area contributed by atoms with Crippen molar-refractivity contribution < 1.29 is 4.79 Å². The highest BCUT2D eigenvalue weighted by atomic mass is 16.1. The topological polar surface area (TPSA) is 23.6 Å². The van der Waals surface area contributed by atoms with Crippen molar-refractivity contribution in [2.24, 2.45) is 0 Å². The van der Waals surface area contributed by atoms with E-state index in [1.807, 2.05) is 12.1 Å². The number of anilines is 2. The van der Waals surface area contributed by atoms with Crippen molar-refractivity contribution in [1.29, 1.82) is 0 Å². The first-order valence-corrected chi connectivity index (χ1v) is 6.80. The highest BCUT2D eigenvalue weighted by molar-refractivity contribution is 5.80. The van der Waals surface area contributed by atoms with Crippen LogP contribution in [0.4, 0.5) is 11.4 Å². The summed E-state index contributed by atoms with van der Waals surface area (Å²) in [5, 5.41) is 0. The van der Waals surface area contributed by atoms with E-state index in [-0.39, 0.29) is 0 Å². The van der Waals surface area contributed by atoms with Gasteiger partial charge in [-0.3, -0.25) is 4.79 Å². The van der Waals surface area contributed by atoms with E-state index in [0.29, 0.717) is 0 Å². The molecule has 1 aromatic rings. The van der Waals surface area contributed by atoms with E-state index in [1.165, 1.54) is 0 Å². The van der Waals surface area contributed by atoms with Gasteiger partial charge in [-0.25, -0.2) is 0 Å². The van der Waals surface area contributed by atoms with Crippen LogP contribution in [-0.2, 0) is 0 Å². The SMILES string of the molecule is CCN(CC)c1cc(C=O)cc(N(CC)CC)c1. The Morgan fingerprint density at radius 3 is 1.50 bits per heavy atom. The fourth-order valence-corrected chi connectivity index (χ4v) is 2.23. The normalized spacial score (nSPS) is 10.2. The van der Waals surface area contributed by atoms with E-state index in [2.05, 4.69) is 43.6 Å². The molecule has 3 nitrogen and oxygen atoms in total. The Kier molecular flexibility index (Phi) is 5.69. The van der Waals surface area contributed by atoms with Gasteiger partial charge in [-0.2, -0.15) is 0 Å². The molecule has 100 valence electrons. The summed E-state index contributed by atoms with van der Waals surface area (Å²) in [6.07, 6.45) is 0.931. The van der Waals surface area contributed by atoms with Gasteiger partial charge in [0.25, 0.3) is 0 Å². The summed E-state index contributed by atoms with van der Waals surface area (Å²) in [4.78, 5) is 15.6. The molecule has 0 N–H and O–H groups in total. The van der Waals surface area contributed by atoms with Crippen molar-refractivity contribution in [2.75, 3.05) is 36.0 Å². The lowest BCUT2D eigenvalue weighted by molar-refractivity contribution is 0.112. The number of rotatable bonds is 7. The van der Waals surface area contributed by atoms with Crippen molar-refractivity contribution in [2.45, 2.75) is 27.7 Å². The minimum atomic E-state index is 0.751. The van der Waals surface area contributed by atoms with Gasteiger partial charge in [0.05, 0.1) is 0 Å². The van der Waals surface area contributed by atoms with Crippen LogP contribution in [0.2, 0.25) is 0 Å². The summed E-state index contributed by atoms with van der Waals surface area (Å²) in [6, 6.07) is 6.10. The first-order valence-electron chi connectivity index (χ1n) is 6.80. The maximum Gasteiger partial charge on any atom is 0.150 e. The molecule has 0 amide bonds. The highest BCUT2D eigenvalue weighted by Crippen LogP contribution is 2.24. The fourth-order valence-electron chi connectivity index (χ4n) is 2.23. The van der Waals surface area contributed by atoms with Gasteiger partial charge in [0, 0.05) is 43.1 Å². The second-order valence-electron chi connectivity index (χ2n) is 4.25. The average molecular weight is 248 g/mol. The van der Waals surface area contributed by atoms with Crippen LogP contribution in [-0.4, -0.2) is 32.5 Å². The van der Waals surface area contributed by atoms with E-state index in [9.17, 15) is 4.79 Å². The molecule has 18 heavy (non-hydrogen) atoms. The molecule has 0 aromatic heterocycles. The van der Waals surface area contributed by atoms with Gasteiger partial charge < -0.3 is 9.80 Å². The molecule has 0 radical (unpaired) electrons. The zero-order valence-electron chi connectivity index (χ0n) is 11.9. The van der Waals surface area contributed by atoms with Gasteiger partial charge in [0.1, 0.15) is 6.29 Å². The van der Waals surface area contributed by atoms with E-state index in [4.69, 9.17) is 0 Å². The van der Waals surface area contributed by atoms with Crippen molar-refractivity contribution in [3.8, 4) is 0 Å². The molecule has 0 spiro atoms. The molecule has 0 atom stereocenters. The number of hydrogen-bond donors (Lipinski definition) is 0. The van der Waals surface area contributed by atoms with Gasteiger partial charge in [0.15, 0.2) is 0 Å². The predicted molar refractivity (Wildman–Crippen MR) is 79.0 cm³/mol. The molecule has 1 aromatic carbocycles. The van der Waals surface area contributed by atoms with Crippen molar-refractivity contribution in [3.63, 3.8) is 0 Å². The zero-order valence-corrected chi connectivity index (χ0v) is 11.9. The lowest BCUT2D eigenvalue weighted by Gasteiger charge is -2.26. The Bertz CT molecular complexity index is 352. The third-order valence-electron chi connectivity index (χ3n) is 3.32. The number of aldehydes is 1. The van der Waals surface area contributed by atoms with Gasteiger partial charge in [0.2, 0.25) is 0 Å². The second-order valence-corrected chi connectivity index (χ2v) is 4.25. The molecular weight excluding hydrogens is 224 g/mol. The van der Waals surface area contributed by atoms with E-state index in [0.717, 1.165) is 49.4 Å². The number of carbonyl (C=O) groups excluding carboxylic acids is 1. The van der Waals surface area contributed by atoms with Gasteiger partial charge in [-0.15, -0.1) is 0 Å². The van der Waals surface area contributed by atoms with Crippen LogP contribution in [0.1, 0.15) is 38.1 Å². The number of hydrogen-bond acceptors (Lipinski definition) is 3. The summed E-state index contributed by atoms with van der Waals surface area (Å²) in [6.45, 7) is 12.4. The first-order chi connectivity index (χ1) is 8.69. The quantitative estimate of drug-likeness (QED) is 0.692. The van der Waals surface area contributed by atoms with Crippen LogP contribution in [0.3, 0.4) is 0 Å². The minimum absolute atomic E-state index is 0.751. The van der Waals surface area contributed by atoms with Gasteiger partial charge in [-0.1, -0.05) is 0 Å². The summed E-state index contributed by atoms with van der Waals surface area (Å²) in [5.74, 6) is 0. The maximum absolute atomic E-state index is 11.1. The van der Waals surface area contributed by atoms with Gasteiger partial charge in [-0.05, 0) is 45.9 Å². The molecule has 0 aliphatic carbocycles. The Balaban J connectivity index is 3.19. The second kappa shape index (κ2) is 7.04. The van der Waals surface area contributed by atoms with Crippen LogP contribution in [0.15, 0.2) is 18.2 Å². The van der Waals surface area contributed by atoms with Crippen molar-refractivity contribution in [1.82, 2.24) is 0 Å². The summed E-state index contributed by atoms with van der Waals surface area (Å²) < 4.78 is 0. The third kappa shape index (κ3) is 3.25. The van der Waals surface area contributed by atoms with Crippen molar-refractivity contribution >= 4 is 17.7 Å². The van der Waals surface area contributed by atoms with Crippen LogP contribution in [0.25, 0.3) is 0 Å². The maximum atomic E-state index is 11.1. The minimum Gasteiger partial charge on any atom is -0.372 e. The lowest BCUT2D eigenvalue weighted by atomic mass is 10.1. The number of carbonyl (C=O) groups is 1. The van der Waals surface area contributed by atoms with Crippen LogP contribution >= 0.6 is 0 Å². The third-order valence-corrected chi connectivity index (χ3v) is 3.32. The Morgan fingerprint density at radius 1 is 0.833 bits per heavy atom. The highest BCUT2D eigenvalue weighted by Gasteiger charge is 2.09. The van der Waals surface area contributed by atoms with Crippen LogP contribution < -0.4 is 9.80 Å². The number of benzene rings is 1. The monoisotopic (exact) mass is 248 g/mol. The molecule has 0 saturated heterocycles. The smallest absolute Gasteiger partial charge is 0.150 e. The molecule has 0 heterocycles. The van der Waals surface area contributed by atoms with Crippen LogP contribution in [0, 0.1) is 0 Å². The standard InChI is InChI=1S/C15H24N2O/c1-5-16(6-2)14-9-13(12-18)10-15(11-14)17(7-3)8-4/h9-12H,5-8H2,1-4H3.